The van der Waals surface area contributed by atoms with Gasteiger partial charge in [0.05, 0.1) is 12.8 Å². The number of rotatable bonds is 6. The number of ether oxygens (including phenoxy) is 1. The molecule has 144 valence electrons. The van der Waals surface area contributed by atoms with Gasteiger partial charge in [0.15, 0.2) is 0 Å². The van der Waals surface area contributed by atoms with E-state index in [4.69, 9.17) is 9.72 Å². The van der Waals surface area contributed by atoms with E-state index >= 15 is 0 Å². The first-order valence-corrected chi connectivity index (χ1v) is 9.97. The lowest BCUT2D eigenvalue weighted by Gasteiger charge is -2.29. The topological polar surface area (TPSA) is 56.9 Å². The van der Waals surface area contributed by atoms with E-state index in [0.29, 0.717) is 12.0 Å². The number of aryl methyl sites for hydroxylation is 1. The predicted octanol–water partition coefficient (Wildman–Crippen LogP) is 3.39. The van der Waals surface area contributed by atoms with Crippen molar-refractivity contribution in [3.05, 3.63) is 36.4 Å². The van der Waals surface area contributed by atoms with Crippen molar-refractivity contribution in [1.82, 2.24) is 24.1 Å². The Bertz CT molecular complexity index is 910. The van der Waals surface area contributed by atoms with Gasteiger partial charge in [-0.3, -0.25) is 8.65 Å². The quantitative estimate of drug-likeness (QED) is 0.504. The van der Waals surface area contributed by atoms with Gasteiger partial charge >= 0.3 is 0 Å². The highest BCUT2D eigenvalue weighted by Crippen LogP contribution is 2.36. The Kier molecular flexibility index (Phi) is 5.52. The molecule has 1 aliphatic rings. The van der Waals surface area contributed by atoms with Gasteiger partial charge in [-0.1, -0.05) is 12.8 Å². The molecule has 0 unspecified atom stereocenters. The van der Waals surface area contributed by atoms with E-state index in [1.54, 1.807) is 11.1 Å². The first-order valence-electron chi connectivity index (χ1n) is 9.57. The van der Waals surface area contributed by atoms with Gasteiger partial charge < -0.3 is 10.1 Å². The second-order valence-electron chi connectivity index (χ2n) is 7.43. The minimum absolute atomic E-state index is 0.576. The molecule has 0 spiro atoms. The highest BCUT2D eigenvalue weighted by Gasteiger charge is 2.23. The van der Waals surface area contributed by atoms with E-state index < -0.39 is 0 Å². The molecular formula is C20H27N5OS. The molecule has 0 radical (unpaired) electrons. The second kappa shape index (κ2) is 8.04. The van der Waals surface area contributed by atoms with Crippen LogP contribution in [0.5, 0.6) is 0 Å². The first kappa shape index (κ1) is 18.5. The third-order valence-electron chi connectivity index (χ3n) is 5.60. The van der Waals surface area contributed by atoms with E-state index in [-0.39, 0.29) is 0 Å². The Labute approximate surface area is 165 Å². The maximum Gasteiger partial charge on any atom is 0.150 e. The minimum Gasteiger partial charge on any atom is -0.383 e. The summed E-state index contributed by atoms with van der Waals surface area (Å²) in [5.74, 6) is 0.576. The number of nitrogens with zero attached hydrogens (tertiary/aromatic N) is 4. The summed E-state index contributed by atoms with van der Waals surface area (Å²) in [6.07, 6.45) is 12.8. The van der Waals surface area contributed by atoms with Crippen LogP contribution in [0.3, 0.4) is 0 Å². The molecule has 4 rings (SSSR count). The van der Waals surface area contributed by atoms with Crippen LogP contribution in [0.25, 0.3) is 22.2 Å². The van der Waals surface area contributed by atoms with Crippen molar-refractivity contribution in [1.29, 1.82) is 0 Å². The van der Waals surface area contributed by atoms with Crippen molar-refractivity contribution in [2.24, 2.45) is 7.05 Å². The normalized spacial score (nSPS) is 20.4. The fraction of sp³-hybridized carbons (Fsp3) is 0.500. The number of pyridine rings is 1. The van der Waals surface area contributed by atoms with Crippen molar-refractivity contribution < 1.29 is 4.74 Å². The van der Waals surface area contributed by atoms with Crippen molar-refractivity contribution >= 4 is 23.8 Å². The molecule has 1 N–H and O–H groups in total. The van der Waals surface area contributed by atoms with E-state index in [1.807, 2.05) is 36.5 Å². The van der Waals surface area contributed by atoms with Crippen LogP contribution in [0, 0.1) is 0 Å². The van der Waals surface area contributed by atoms with Gasteiger partial charge in [0.1, 0.15) is 5.65 Å². The van der Waals surface area contributed by atoms with Gasteiger partial charge in [-0.25, -0.2) is 4.98 Å². The van der Waals surface area contributed by atoms with E-state index in [0.717, 1.165) is 35.3 Å². The molecule has 7 heteroatoms. The highest BCUT2D eigenvalue weighted by molar-refractivity contribution is 7.78. The molecule has 0 aromatic carbocycles. The summed E-state index contributed by atoms with van der Waals surface area (Å²) in [6.45, 7) is 1.71. The number of hydrogen-bond donors (Lipinski definition) is 2. The zero-order chi connectivity index (χ0) is 18.8. The second-order valence-corrected chi connectivity index (χ2v) is 7.86. The number of methoxy groups -OCH3 is 1. The molecule has 0 atom stereocenters. The Morgan fingerprint density at radius 3 is 2.74 bits per heavy atom. The smallest absolute Gasteiger partial charge is 0.150 e. The van der Waals surface area contributed by atoms with E-state index in [2.05, 4.69) is 29.3 Å². The molecule has 0 aliphatic heterocycles. The van der Waals surface area contributed by atoms with Gasteiger partial charge in [-0.2, -0.15) is 5.10 Å². The fourth-order valence-electron chi connectivity index (χ4n) is 4.12. The summed E-state index contributed by atoms with van der Waals surface area (Å²) in [6, 6.07) is 2.92. The third kappa shape index (κ3) is 3.90. The number of aromatic nitrogens is 4. The van der Waals surface area contributed by atoms with Crippen LogP contribution in [0.15, 0.2) is 30.9 Å². The first-order chi connectivity index (χ1) is 13.2. The largest absolute Gasteiger partial charge is 0.383 e. The molecule has 1 fully saturated rings. The number of thiol groups is 1. The van der Waals surface area contributed by atoms with Crippen molar-refractivity contribution in [2.45, 2.75) is 37.6 Å². The molecular weight excluding hydrogens is 358 g/mol. The maximum absolute atomic E-state index is 5.13. The summed E-state index contributed by atoms with van der Waals surface area (Å²) < 4.78 is 8.76. The van der Waals surface area contributed by atoms with Gasteiger partial charge in [0, 0.05) is 61.8 Å². The standard InChI is InChI=1S/C20H27N5OS/c1-24-12-16(11-23-24)19-13-25(27)20-18(19)9-15(10-22-20)14-3-5-17(6-4-14)21-7-8-26-2/h9-14,17,21,27H,3-8H2,1-2H3. The van der Waals surface area contributed by atoms with Gasteiger partial charge in [-0.15, -0.1) is 0 Å². The number of fused-ring (bicyclic) bond motifs is 1. The average Bonchev–Trinajstić information content (AvgIpc) is 3.25. The zero-order valence-corrected chi connectivity index (χ0v) is 16.8. The molecule has 0 amide bonds. The van der Waals surface area contributed by atoms with Crippen LogP contribution in [0.2, 0.25) is 0 Å². The molecule has 0 saturated heterocycles. The molecule has 27 heavy (non-hydrogen) atoms. The minimum atomic E-state index is 0.576. The van der Waals surface area contributed by atoms with E-state index in [9.17, 15) is 0 Å². The maximum atomic E-state index is 5.13. The van der Waals surface area contributed by atoms with Gasteiger partial charge in [0.2, 0.25) is 0 Å². The molecule has 6 nitrogen and oxygen atoms in total. The SMILES string of the molecule is COCCNC1CCC(c2cnc3c(c2)c(-c2cnn(C)c2)cn3S)CC1. The van der Waals surface area contributed by atoms with Crippen molar-refractivity contribution in [2.75, 3.05) is 20.3 Å². The Morgan fingerprint density at radius 2 is 2.04 bits per heavy atom. The third-order valence-corrected chi connectivity index (χ3v) is 5.90. The van der Waals surface area contributed by atoms with Crippen LogP contribution in [-0.2, 0) is 11.8 Å². The van der Waals surface area contributed by atoms with Gasteiger partial charge in [0.25, 0.3) is 0 Å². The van der Waals surface area contributed by atoms with Gasteiger partial charge in [-0.05, 0) is 43.2 Å². The van der Waals surface area contributed by atoms with Crippen LogP contribution >= 0.6 is 12.8 Å². The molecule has 1 saturated carbocycles. The summed E-state index contributed by atoms with van der Waals surface area (Å²) in [5, 5.41) is 9.05. The summed E-state index contributed by atoms with van der Waals surface area (Å²) in [5.41, 5.74) is 4.47. The zero-order valence-electron chi connectivity index (χ0n) is 15.9. The summed E-state index contributed by atoms with van der Waals surface area (Å²) in [7, 11) is 3.69. The van der Waals surface area contributed by atoms with Crippen LogP contribution in [0.1, 0.15) is 37.2 Å². The Hall–Kier alpha value is -1.83. The fourth-order valence-corrected chi connectivity index (χ4v) is 4.39. The average molecular weight is 386 g/mol. The van der Waals surface area contributed by atoms with Crippen LogP contribution < -0.4 is 5.32 Å². The Morgan fingerprint density at radius 1 is 1.22 bits per heavy atom. The summed E-state index contributed by atoms with van der Waals surface area (Å²) in [4.78, 5) is 4.72. The molecule has 0 bridgehead atoms. The number of hydrogen-bond acceptors (Lipinski definition) is 5. The lowest BCUT2D eigenvalue weighted by atomic mass is 9.82. The lowest BCUT2D eigenvalue weighted by Crippen LogP contribution is -2.34. The molecule has 1 aliphatic carbocycles. The van der Waals surface area contributed by atoms with Crippen molar-refractivity contribution in [3.63, 3.8) is 0 Å². The van der Waals surface area contributed by atoms with Crippen LogP contribution in [-0.4, -0.2) is 45.0 Å². The molecule has 3 heterocycles. The summed E-state index contributed by atoms with van der Waals surface area (Å²) >= 11 is 4.55. The molecule has 3 aromatic heterocycles. The predicted molar refractivity (Wildman–Crippen MR) is 111 cm³/mol. The van der Waals surface area contributed by atoms with Crippen molar-refractivity contribution in [3.8, 4) is 11.1 Å². The highest BCUT2D eigenvalue weighted by atomic mass is 32.1. The van der Waals surface area contributed by atoms with Crippen LogP contribution in [0.4, 0.5) is 0 Å². The molecule has 3 aromatic rings. The monoisotopic (exact) mass is 385 g/mol. The van der Waals surface area contributed by atoms with E-state index in [1.165, 1.54) is 31.2 Å². The Balaban J connectivity index is 1.54. The number of nitrogens with one attached hydrogen (secondary N) is 1. The lowest BCUT2D eigenvalue weighted by molar-refractivity contribution is 0.191.